The van der Waals surface area contributed by atoms with E-state index in [1.165, 1.54) is 11.5 Å². The fraction of sp³-hybridized carbons (Fsp3) is 0.700. The van der Waals surface area contributed by atoms with Crippen LogP contribution in [0.4, 0.5) is 0 Å². The Kier molecular flexibility index (Phi) is 7.40. The minimum Gasteiger partial charge on any atom is -0.180 e. The summed E-state index contributed by atoms with van der Waals surface area (Å²) in [4.78, 5) is 0. The van der Waals surface area contributed by atoms with Crippen LogP contribution in [0.15, 0.2) is 24.3 Å². The molecule has 1 rings (SSSR count). The zero-order chi connectivity index (χ0) is 18.8. The van der Waals surface area contributed by atoms with Crippen molar-refractivity contribution in [1.29, 1.82) is 0 Å². The number of rotatable bonds is 6. The second kappa shape index (κ2) is 7.93. The van der Waals surface area contributed by atoms with Gasteiger partial charge in [0.05, 0.1) is 0 Å². The normalized spacial score (nSPS) is 14.1. The van der Waals surface area contributed by atoms with E-state index >= 15 is 0 Å². The SMILES string of the molecule is CC(C)(C)[Si](C)(C)SCc1ccccc1CS[Si](C)(C)C(C)(C)C. The van der Waals surface area contributed by atoms with Gasteiger partial charge in [0.2, 0.25) is 0 Å². The molecular weight excluding hydrogens is 361 g/mol. The van der Waals surface area contributed by atoms with Gasteiger partial charge in [0.1, 0.15) is 14.4 Å². The summed E-state index contributed by atoms with van der Waals surface area (Å²) in [6, 6.07) is 9.12. The highest BCUT2D eigenvalue weighted by Crippen LogP contribution is 2.46. The number of benzene rings is 1. The van der Waals surface area contributed by atoms with Crippen LogP contribution in [0.25, 0.3) is 0 Å². The third-order valence-electron chi connectivity index (χ3n) is 5.91. The monoisotopic (exact) mass is 398 g/mol. The average molecular weight is 399 g/mol. The Morgan fingerprint density at radius 1 is 0.667 bits per heavy atom. The van der Waals surface area contributed by atoms with Crippen molar-refractivity contribution in [2.24, 2.45) is 0 Å². The highest BCUT2D eigenvalue weighted by atomic mass is 32.4. The Hall–Kier alpha value is 0.354. The maximum Gasteiger partial charge on any atom is 0.117 e. The zero-order valence-corrected chi connectivity index (χ0v) is 21.2. The molecule has 24 heavy (non-hydrogen) atoms. The van der Waals surface area contributed by atoms with Crippen LogP contribution in [-0.4, -0.2) is 14.4 Å². The van der Waals surface area contributed by atoms with Crippen LogP contribution in [0.3, 0.4) is 0 Å². The molecule has 0 saturated heterocycles. The van der Waals surface area contributed by atoms with Gasteiger partial charge in [-0.3, -0.25) is 0 Å². The Bertz CT molecular complexity index is 488. The molecule has 1 aromatic rings. The van der Waals surface area contributed by atoms with E-state index in [0.29, 0.717) is 10.1 Å². The van der Waals surface area contributed by atoms with Crippen LogP contribution in [0, 0.1) is 0 Å². The van der Waals surface area contributed by atoms with Gasteiger partial charge in [-0.05, 0) is 21.2 Å². The van der Waals surface area contributed by atoms with Crippen molar-refractivity contribution in [3.8, 4) is 0 Å². The minimum absolute atomic E-state index is 0.447. The first-order chi connectivity index (χ1) is 10.7. The van der Waals surface area contributed by atoms with Crippen molar-refractivity contribution >= 4 is 36.9 Å². The first kappa shape index (κ1) is 22.4. The van der Waals surface area contributed by atoms with Crippen molar-refractivity contribution in [2.75, 3.05) is 0 Å². The maximum atomic E-state index is 2.52. The van der Waals surface area contributed by atoms with Crippen LogP contribution < -0.4 is 0 Å². The van der Waals surface area contributed by atoms with Gasteiger partial charge < -0.3 is 0 Å². The van der Waals surface area contributed by atoms with Crippen LogP contribution in [0.1, 0.15) is 52.7 Å². The lowest BCUT2D eigenvalue weighted by molar-refractivity contribution is 0.736. The molecule has 0 heterocycles. The second-order valence-corrected chi connectivity index (χ2v) is 27.9. The quantitative estimate of drug-likeness (QED) is 0.443. The van der Waals surface area contributed by atoms with Crippen LogP contribution in [0.2, 0.25) is 36.3 Å². The molecule has 1 aromatic carbocycles. The molecule has 0 fully saturated rings. The average Bonchev–Trinajstić information content (AvgIpc) is 2.41. The van der Waals surface area contributed by atoms with Crippen molar-refractivity contribution < 1.29 is 0 Å². The van der Waals surface area contributed by atoms with Gasteiger partial charge in [0, 0.05) is 11.5 Å². The largest absolute Gasteiger partial charge is 0.180 e. The summed E-state index contributed by atoms with van der Waals surface area (Å²) >= 11 is 4.47. The van der Waals surface area contributed by atoms with E-state index in [0.717, 1.165) is 0 Å². The first-order valence-corrected chi connectivity index (χ1v) is 18.4. The third-order valence-corrected chi connectivity index (χ3v) is 24.4. The fourth-order valence-corrected chi connectivity index (χ4v) is 9.95. The van der Waals surface area contributed by atoms with Crippen LogP contribution >= 0.6 is 22.4 Å². The lowest BCUT2D eigenvalue weighted by Gasteiger charge is -2.37. The van der Waals surface area contributed by atoms with Crippen molar-refractivity contribution in [3.63, 3.8) is 0 Å². The van der Waals surface area contributed by atoms with E-state index in [1.54, 1.807) is 11.1 Å². The summed E-state index contributed by atoms with van der Waals surface area (Å²) in [7, 11) is -2.56. The Morgan fingerprint density at radius 3 is 1.21 bits per heavy atom. The molecule has 0 saturated carbocycles. The molecule has 0 bridgehead atoms. The molecule has 0 unspecified atom stereocenters. The molecule has 4 heteroatoms. The van der Waals surface area contributed by atoms with Crippen molar-refractivity contribution in [3.05, 3.63) is 35.4 Å². The van der Waals surface area contributed by atoms with Gasteiger partial charge in [-0.1, -0.05) is 92.0 Å². The minimum atomic E-state index is -1.28. The van der Waals surface area contributed by atoms with Gasteiger partial charge in [0.25, 0.3) is 0 Å². The predicted octanol–water partition coefficient (Wildman–Crippen LogP) is 8.16. The van der Waals surface area contributed by atoms with Gasteiger partial charge >= 0.3 is 0 Å². The molecule has 0 spiro atoms. The summed E-state index contributed by atoms with van der Waals surface area (Å²) in [6.45, 7) is 24.5. The molecule has 0 N–H and O–H groups in total. The molecule has 0 atom stereocenters. The van der Waals surface area contributed by atoms with Crippen molar-refractivity contribution in [1.82, 2.24) is 0 Å². The highest BCUT2D eigenvalue weighted by molar-refractivity contribution is 8.28. The van der Waals surface area contributed by atoms with E-state index in [2.05, 4.69) is 114 Å². The predicted molar refractivity (Wildman–Crippen MR) is 123 cm³/mol. The molecule has 0 aromatic heterocycles. The fourth-order valence-electron chi connectivity index (χ4n) is 1.79. The van der Waals surface area contributed by atoms with Gasteiger partial charge in [-0.2, -0.15) is 22.4 Å². The summed E-state index contributed by atoms with van der Waals surface area (Å²) in [5, 5.41) is 0.894. The van der Waals surface area contributed by atoms with E-state index in [1.807, 2.05) is 0 Å². The van der Waals surface area contributed by atoms with Crippen LogP contribution in [-0.2, 0) is 11.5 Å². The summed E-state index contributed by atoms with van der Waals surface area (Å²) in [6.07, 6.45) is 0. The molecule has 0 aliphatic heterocycles. The molecule has 0 aliphatic rings. The smallest absolute Gasteiger partial charge is 0.117 e. The second-order valence-electron chi connectivity index (χ2n) is 9.87. The summed E-state index contributed by atoms with van der Waals surface area (Å²) in [5.74, 6) is 2.34. The Labute approximate surface area is 161 Å². The van der Waals surface area contributed by atoms with E-state index in [9.17, 15) is 0 Å². The Balaban J connectivity index is 2.83. The molecular formula is C20H38S2Si2. The lowest BCUT2D eigenvalue weighted by atomic mass is 10.1. The van der Waals surface area contributed by atoms with Gasteiger partial charge in [-0.15, -0.1) is 0 Å². The molecule has 0 radical (unpaired) electrons. The van der Waals surface area contributed by atoms with E-state index < -0.39 is 14.4 Å². The first-order valence-electron chi connectivity index (χ1n) is 9.02. The van der Waals surface area contributed by atoms with Gasteiger partial charge in [-0.25, -0.2) is 0 Å². The topological polar surface area (TPSA) is 0 Å². The third kappa shape index (κ3) is 5.96. The molecule has 0 aliphatic carbocycles. The summed E-state index contributed by atoms with van der Waals surface area (Å²) in [5.41, 5.74) is 3.11. The number of hydrogen-bond donors (Lipinski definition) is 0. The van der Waals surface area contributed by atoms with Crippen molar-refractivity contribution in [2.45, 2.75) is 89.3 Å². The van der Waals surface area contributed by atoms with E-state index in [-0.39, 0.29) is 0 Å². The zero-order valence-electron chi connectivity index (χ0n) is 17.5. The lowest BCUT2D eigenvalue weighted by Crippen LogP contribution is -2.34. The standard InChI is InChI=1S/C20H38S2Si2/c1-19(2,3)23(7,8)21-15-17-13-11-12-14-18(17)16-22-24(9,10)20(4,5)6/h11-14H,15-16H2,1-10H3. The highest BCUT2D eigenvalue weighted by Gasteiger charge is 2.37. The van der Waals surface area contributed by atoms with Gasteiger partial charge in [0.15, 0.2) is 0 Å². The Morgan fingerprint density at radius 2 is 0.958 bits per heavy atom. The molecule has 138 valence electrons. The van der Waals surface area contributed by atoms with E-state index in [4.69, 9.17) is 0 Å². The molecule has 0 amide bonds. The number of hydrogen-bond acceptors (Lipinski definition) is 2. The maximum absolute atomic E-state index is 2.52. The molecule has 0 nitrogen and oxygen atoms in total. The summed E-state index contributed by atoms with van der Waals surface area (Å²) < 4.78 is 0. The van der Waals surface area contributed by atoms with Crippen LogP contribution in [0.5, 0.6) is 0 Å².